The Morgan fingerprint density at radius 3 is 1.79 bits per heavy atom. The fourth-order valence-corrected chi connectivity index (χ4v) is 9.49. The van der Waals surface area contributed by atoms with Crippen molar-refractivity contribution in [2.45, 2.75) is 0 Å². The second kappa shape index (κ2) is 13.1. The number of benzene rings is 9. The van der Waals surface area contributed by atoms with E-state index >= 15 is 0 Å². The van der Waals surface area contributed by atoms with E-state index in [0.717, 1.165) is 55.9 Å². The van der Waals surface area contributed by atoms with Crippen LogP contribution in [0.3, 0.4) is 0 Å². The molecule has 9 aromatic carbocycles. The van der Waals surface area contributed by atoms with Gasteiger partial charge in [-0.1, -0.05) is 133 Å². The minimum absolute atomic E-state index is 0.650. The molecule has 0 saturated heterocycles. The molecule has 4 aromatic heterocycles. The van der Waals surface area contributed by atoms with Gasteiger partial charge in [-0.2, -0.15) is 0 Å². The maximum Gasteiger partial charge on any atom is 0.182 e. The molecule has 61 heavy (non-hydrogen) atoms. The molecule has 6 heteroatoms. The lowest BCUT2D eigenvalue weighted by Crippen LogP contribution is -1.97. The first-order chi connectivity index (χ1) is 30.2. The van der Waals surface area contributed by atoms with E-state index in [0.29, 0.717) is 5.82 Å². The van der Waals surface area contributed by atoms with Crippen LogP contribution in [0.25, 0.3) is 116 Å². The molecule has 0 bridgehead atoms. The molecule has 0 unspecified atom stereocenters. The zero-order valence-electron chi connectivity index (χ0n) is 32.8. The maximum absolute atomic E-state index is 5.16. The zero-order chi connectivity index (χ0) is 40.0. The topological polar surface area (TPSA) is 52.9 Å². The van der Waals surface area contributed by atoms with Gasteiger partial charge in [0.1, 0.15) is 5.69 Å². The molecule has 0 N–H and O–H groups in total. The van der Waals surface area contributed by atoms with Crippen LogP contribution in [0.1, 0.15) is 0 Å². The van der Waals surface area contributed by atoms with E-state index in [-0.39, 0.29) is 0 Å². The largest absolute Gasteiger partial charge is 0.309 e. The molecular weight excluding hydrogens is 745 g/mol. The van der Waals surface area contributed by atoms with Crippen LogP contribution in [0, 0.1) is 0 Å². The molecule has 0 saturated carbocycles. The summed E-state index contributed by atoms with van der Waals surface area (Å²) in [6.07, 6.45) is 0. The Morgan fingerprint density at radius 1 is 0.344 bits per heavy atom. The van der Waals surface area contributed by atoms with Gasteiger partial charge in [0.05, 0.1) is 33.1 Å². The van der Waals surface area contributed by atoms with Crippen molar-refractivity contribution in [1.82, 2.24) is 28.7 Å². The second-order valence-electron chi connectivity index (χ2n) is 15.7. The number of rotatable bonds is 5. The Kier molecular flexibility index (Phi) is 7.21. The molecule has 0 radical (unpaired) electrons. The van der Waals surface area contributed by atoms with E-state index in [1.165, 1.54) is 54.5 Å². The number of hydrogen-bond acceptors (Lipinski definition) is 3. The average Bonchev–Trinajstić information content (AvgIpc) is 4.03. The highest BCUT2D eigenvalue weighted by molar-refractivity contribution is 6.22. The van der Waals surface area contributed by atoms with E-state index in [2.05, 4.69) is 173 Å². The third kappa shape index (κ3) is 5.12. The summed E-state index contributed by atoms with van der Waals surface area (Å²) in [6.45, 7) is 0. The van der Waals surface area contributed by atoms with Gasteiger partial charge in [-0.05, 0) is 94.7 Å². The van der Waals surface area contributed by atoms with Crippen molar-refractivity contribution < 1.29 is 0 Å². The highest BCUT2D eigenvalue weighted by Crippen LogP contribution is 2.41. The molecule has 0 aliphatic carbocycles. The lowest BCUT2D eigenvalue weighted by molar-refractivity contribution is 1.00. The number of fused-ring (bicyclic) bond motifs is 11. The average molecular weight is 779 g/mol. The van der Waals surface area contributed by atoms with Gasteiger partial charge >= 0.3 is 0 Å². The van der Waals surface area contributed by atoms with Crippen molar-refractivity contribution in [2.75, 3.05) is 0 Å². The molecule has 4 heterocycles. The van der Waals surface area contributed by atoms with E-state index in [4.69, 9.17) is 15.1 Å². The predicted molar refractivity (Wildman–Crippen MR) is 251 cm³/mol. The first kappa shape index (κ1) is 33.6. The van der Waals surface area contributed by atoms with Crippen LogP contribution >= 0.6 is 0 Å². The summed E-state index contributed by atoms with van der Waals surface area (Å²) in [5.74, 6) is 0.650. The monoisotopic (exact) mass is 778 g/mol. The Hall–Kier alpha value is -8.35. The summed E-state index contributed by atoms with van der Waals surface area (Å²) in [5, 5.41) is 12.5. The third-order valence-corrected chi connectivity index (χ3v) is 12.2. The molecule has 13 rings (SSSR count). The fraction of sp³-hybridized carbons (Fsp3) is 0. The predicted octanol–water partition coefficient (Wildman–Crippen LogP) is 13.6. The van der Waals surface area contributed by atoms with Crippen LogP contribution in [0.4, 0.5) is 0 Å². The molecule has 0 spiro atoms. The molecule has 0 aliphatic rings. The SMILES string of the molecule is c1ccc(-c2nc3ccccc3n3nc(-c4cccc(-n5c6ccccc6c6cc(-c7ccc8c(c7)c7c9ccccc9ccc7n8-c7ccccc7)ccc65)c4)nc23)cc1. The van der Waals surface area contributed by atoms with Gasteiger partial charge in [0.15, 0.2) is 11.5 Å². The Labute approximate surface area is 349 Å². The molecule has 0 fully saturated rings. The Balaban J connectivity index is 0.968. The van der Waals surface area contributed by atoms with Crippen molar-refractivity contribution in [3.8, 4) is 45.1 Å². The lowest BCUT2D eigenvalue weighted by atomic mass is 9.99. The Bertz CT molecular complexity index is 3880. The van der Waals surface area contributed by atoms with E-state index in [1.54, 1.807) is 0 Å². The fourth-order valence-electron chi connectivity index (χ4n) is 9.49. The van der Waals surface area contributed by atoms with Crippen molar-refractivity contribution in [1.29, 1.82) is 0 Å². The van der Waals surface area contributed by atoms with Gasteiger partial charge in [0.25, 0.3) is 0 Å². The van der Waals surface area contributed by atoms with Gasteiger partial charge in [-0.3, -0.25) is 0 Å². The molecule has 0 aliphatic heterocycles. The molecule has 6 nitrogen and oxygen atoms in total. The smallest absolute Gasteiger partial charge is 0.182 e. The van der Waals surface area contributed by atoms with Crippen LogP contribution in [0.5, 0.6) is 0 Å². The number of nitrogens with zero attached hydrogens (tertiary/aromatic N) is 6. The van der Waals surface area contributed by atoms with Gasteiger partial charge in [-0.15, -0.1) is 5.10 Å². The molecule has 0 atom stereocenters. The van der Waals surface area contributed by atoms with Crippen molar-refractivity contribution in [3.05, 3.63) is 206 Å². The zero-order valence-corrected chi connectivity index (χ0v) is 32.8. The van der Waals surface area contributed by atoms with Crippen LogP contribution in [-0.2, 0) is 0 Å². The summed E-state index contributed by atoms with van der Waals surface area (Å²) in [4.78, 5) is 10.2. The molecule has 13 aromatic rings. The van der Waals surface area contributed by atoms with Crippen molar-refractivity contribution in [3.63, 3.8) is 0 Å². The van der Waals surface area contributed by atoms with Crippen LogP contribution < -0.4 is 0 Å². The Morgan fingerprint density at radius 2 is 0.951 bits per heavy atom. The summed E-state index contributed by atoms with van der Waals surface area (Å²) in [5.41, 5.74) is 14.5. The summed E-state index contributed by atoms with van der Waals surface area (Å²) < 4.78 is 6.70. The van der Waals surface area contributed by atoms with Gasteiger partial charge < -0.3 is 9.13 Å². The van der Waals surface area contributed by atoms with E-state index in [9.17, 15) is 0 Å². The molecular formula is C55H34N6. The summed E-state index contributed by atoms with van der Waals surface area (Å²) in [6, 6.07) is 73.4. The summed E-state index contributed by atoms with van der Waals surface area (Å²) >= 11 is 0. The van der Waals surface area contributed by atoms with Gasteiger partial charge in [0.2, 0.25) is 0 Å². The van der Waals surface area contributed by atoms with Gasteiger partial charge in [0, 0.05) is 44.0 Å². The number of aromatic nitrogens is 6. The van der Waals surface area contributed by atoms with Crippen LogP contribution in [-0.4, -0.2) is 28.7 Å². The van der Waals surface area contributed by atoms with Crippen molar-refractivity contribution >= 4 is 71.1 Å². The molecule has 0 amide bonds. The highest BCUT2D eigenvalue weighted by Gasteiger charge is 2.20. The number of para-hydroxylation sites is 4. The first-order valence-electron chi connectivity index (χ1n) is 20.6. The quantitative estimate of drug-likeness (QED) is 0.175. The van der Waals surface area contributed by atoms with E-state index < -0.39 is 0 Å². The van der Waals surface area contributed by atoms with E-state index in [1.807, 2.05) is 47.0 Å². The summed E-state index contributed by atoms with van der Waals surface area (Å²) in [7, 11) is 0. The minimum atomic E-state index is 0.650. The normalized spacial score (nSPS) is 11.9. The lowest BCUT2D eigenvalue weighted by Gasteiger charge is -2.10. The highest BCUT2D eigenvalue weighted by atomic mass is 15.3. The first-order valence-corrected chi connectivity index (χ1v) is 20.6. The third-order valence-electron chi connectivity index (χ3n) is 12.2. The standard InChI is InChI=1S/C55H34N6/c1-3-15-36(16-4-1)53-55-57-54(58-61(55)50-25-12-10-23-46(50)56-53)39-17-13-20-41(32-39)60-47-24-11-9-22-43(47)44-33-37(27-29-48(44)60)38-28-30-49-45(34-38)52-42-21-8-7-14-35(42)26-31-51(52)59(49)40-18-5-2-6-19-40/h1-34H. The van der Waals surface area contributed by atoms with Crippen molar-refractivity contribution in [2.24, 2.45) is 0 Å². The van der Waals surface area contributed by atoms with Gasteiger partial charge in [-0.25, -0.2) is 14.5 Å². The maximum atomic E-state index is 5.16. The second-order valence-corrected chi connectivity index (χ2v) is 15.7. The van der Waals surface area contributed by atoms with Crippen LogP contribution in [0.15, 0.2) is 206 Å². The molecule has 284 valence electrons. The number of hydrogen-bond donors (Lipinski definition) is 0. The van der Waals surface area contributed by atoms with Crippen LogP contribution in [0.2, 0.25) is 0 Å². The minimum Gasteiger partial charge on any atom is -0.309 e.